The number of nitrogens with one attached hydrogen (secondary N) is 1. The normalized spacial score (nSPS) is 11.2. The lowest BCUT2D eigenvalue weighted by Gasteiger charge is -2.08. The number of hydrogen-bond acceptors (Lipinski definition) is 3. The fourth-order valence-electron chi connectivity index (χ4n) is 1.90. The molecule has 1 aromatic carbocycles. The van der Waals surface area contributed by atoms with Crippen molar-refractivity contribution in [1.29, 1.82) is 0 Å². The van der Waals surface area contributed by atoms with Gasteiger partial charge in [-0.1, -0.05) is 26.0 Å². The van der Waals surface area contributed by atoms with Crippen molar-refractivity contribution in [2.24, 2.45) is 5.92 Å². The van der Waals surface area contributed by atoms with Gasteiger partial charge in [-0.05, 0) is 36.2 Å². The third-order valence-corrected chi connectivity index (χ3v) is 3.95. The number of thioether (sulfide) groups is 1. The summed E-state index contributed by atoms with van der Waals surface area (Å²) in [6, 6.07) is 10.8. The lowest BCUT2D eigenvalue weighted by atomic mass is 10.2. The van der Waals surface area contributed by atoms with Gasteiger partial charge in [0.2, 0.25) is 0 Å². The zero-order chi connectivity index (χ0) is 14.2. The summed E-state index contributed by atoms with van der Waals surface area (Å²) in [6.07, 6.45) is 3.83. The molecule has 1 N–H and O–H groups in total. The molecule has 0 saturated carbocycles. The molecule has 0 aliphatic carbocycles. The number of aryl methyl sites for hydroxylation is 1. The molecule has 1 heterocycles. The van der Waals surface area contributed by atoms with Gasteiger partial charge in [-0.2, -0.15) is 5.10 Å². The van der Waals surface area contributed by atoms with Crippen molar-refractivity contribution in [1.82, 2.24) is 15.1 Å². The highest BCUT2D eigenvalue weighted by Crippen LogP contribution is 2.18. The lowest BCUT2D eigenvalue weighted by molar-refractivity contribution is 0.552. The number of benzene rings is 1. The Bertz CT molecular complexity index is 477. The highest BCUT2D eigenvalue weighted by molar-refractivity contribution is 7.99. The number of aromatic nitrogens is 2. The van der Waals surface area contributed by atoms with Gasteiger partial charge in [0.05, 0.1) is 6.54 Å². The number of hydrogen-bond donors (Lipinski definition) is 1. The molecular weight excluding hydrogens is 266 g/mol. The second-order valence-corrected chi connectivity index (χ2v) is 6.45. The Labute approximate surface area is 125 Å². The molecule has 3 nitrogen and oxygen atoms in total. The SMILES string of the molecule is CC(C)CNCc1ccc(SCCn2cccn2)cc1. The van der Waals surface area contributed by atoms with Crippen LogP contribution in [0.25, 0.3) is 0 Å². The minimum Gasteiger partial charge on any atom is -0.312 e. The molecule has 0 fully saturated rings. The van der Waals surface area contributed by atoms with E-state index in [0.29, 0.717) is 5.92 Å². The van der Waals surface area contributed by atoms with Gasteiger partial charge in [0.1, 0.15) is 0 Å². The Morgan fingerprint density at radius 2 is 2.05 bits per heavy atom. The second kappa shape index (κ2) is 8.12. The molecule has 0 saturated heterocycles. The first-order valence-corrected chi connectivity index (χ1v) is 8.12. The Morgan fingerprint density at radius 1 is 1.25 bits per heavy atom. The highest BCUT2D eigenvalue weighted by Gasteiger charge is 1.98. The molecule has 4 heteroatoms. The van der Waals surface area contributed by atoms with Gasteiger partial charge >= 0.3 is 0 Å². The van der Waals surface area contributed by atoms with Crippen molar-refractivity contribution in [2.45, 2.75) is 31.8 Å². The fourth-order valence-corrected chi connectivity index (χ4v) is 2.74. The molecular formula is C16H23N3S. The maximum absolute atomic E-state index is 4.20. The van der Waals surface area contributed by atoms with E-state index in [1.54, 1.807) is 0 Å². The molecule has 2 rings (SSSR count). The van der Waals surface area contributed by atoms with E-state index in [9.17, 15) is 0 Å². The molecule has 1 aromatic heterocycles. The van der Waals surface area contributed by atoms with Crippen LogP contribution < -0.4 is 5.32 Å². The Balaban J connectivity index is 1.71. The van der Waals surface area contributed by atoms with Crippen LogP contribution >= 0.6 is 11.8 Å². The lowest BCUT2D eigenvalue weighted by Crippen LogP contribution is -2.18. The molecule has 0 aliphatic heterocycles. The molecule has 0 radical (unpaired) electrons. The van der Waals surface area contributed by atoms with Gasteiger partial charge in [0, 0.05) is 29.6 Å². The topological polar surface area (TPSA) is 29.9 Å². The van der Waals surface area contributed by atoms with Gasteiger partial charge in [-0.15, -0.1) is 11.8 Å². The van der Waals surface area contributed by atoms with Crippen LogP contribution in [0.15, 0.2) is 47.6 Å². The van der Waals surface area contributed by atoms with Gasteiger partial charge in [0.15, 0.2) is 0 Å². The molecule has 0 spiro atoms. The van der Waals surface area contributed by atoms with E-state index < -0.39 is 0 Å². The molecule has 20 heavy (non-hydrogen) atoms. The molecule has 2 aromatic rings. The maximum atomic E-state index is 4.20. The minimum atomic E-state index is 0.701. The van der Waals surface area contributed by atoms with Crippen molar-refractivity contribution in [3.8, 4) is 0 Å². The summed E-state index contributed by atoms with van der Waals surface area (Å²) in [6.45, 7) is 7.44. The van der Waals surface area contributed by atoms with Crippen LogP contribution in [0.3, 0.4) is 0 Å². The van der Waals surface area contributed by atoms with E-state index in [4.69, 9.17) is 0 Å². The largest absolute Gasteiger partial charge is 0.312 e. The Morgan fingerprint density at radius 3 is 2.70 bits per heavy atom. The first-order valence-electron chi connectivity index (χ1n) is 7.14. The zero-order valence-corrected chi connectivity index (χ0v) is 13.1. The van der Waals surface area contributed by atoms with Crippen LogP contribution in [0, 0.1) is 5.92 Å². The molecule has 0 aliphatic rings. The standard InChI is InChI=1S/C16H23N3S/c1-14(2)12-17-13-15-4-6-16(7-5-15)20-11-10-19-9-3-8-18-19/h3-9,14,17H,10-13H2,1-2H3. The summed E-state index contributed by atoms with van der Waals surface area (Å²) >= 11 is 1.87. The summed E-state index contributed by atoms with van der Waals surface area (Å²) in [7, 11) is 0. The molecule has 0 atom stereocenters. The number of nitrogens with zero attached hydrogens (tertiary/aromatic N) is 2. The average molecular weight is 289 g/mol. The quantitative estimate of drug-likeness (QED) is 0.755. The van der Waals surface area contributed by atoms with E-state index >= 15 is 0 Å². The molecule has 0 unspecified atom stereocenters. The van der Waals surface area contributed by atoms with Gasteiger partial charge < -0.3 is 5.32 Å². The van der Waals surface area contributed by atoms with Crippen molar-refractivity contribution in [2.75, 3.05) is 12.3 Å². The maximum Gasteiger partial charge on any atom is 0.0503 e. The van der Waals surface area contributed by atoms with Gasteiger partial charge in [0.25, 0.3) is 0 Å². The third kappa shape index (κ3) is 5.39. The smallest absolute Gasteiger partial charge is 0.0503 e. The first-order chi connectivity index (χ1) is 9.74. The first kappa shape index (κ1) is 15.1. The summed E-state index contributed by atoms with van der Waals surface area (Å²) < 4.78 is 1.97. The van der Waals surface area contributed by atoms with Gasteiger partial charge in [-0.3, -0.25) is 4.68 Å². The number of rotatable bonds is 8. The van der Waals surface area contributed by atoms with E-state index in [-0.39, 0.29) is 0 Å². The molecule has 108 valence electrons. The van der Waals surface area contributed by atoms with Crippen LogP contribution in [0.2, 0.25) is 0 Å². The predicted octanol–water partition coefficient (Wildman–Crippen LogP) is 3.42. The third-order valence-electron chi connectivity index (χ3n) is 2.95. The summed E-state index contributed by atoms with van der Waals surface area (Å²) in [5.74, 6) is 1.75. The summed E-state index contributed by atoms with van der Waals surface area (Å²) in [4.78, 5) is 1.32. The van der Waals surface area contributed by atoms with Crippen LogP contribution in [0.5, 0.6) is 0 Å². The predicted molar refractivity (Wildman–Crippen MR) is 85.9 cm³/mol. The zero-order valence-electron chi connectivity index (χ0n) is 12.2. The van der Waals surface area contributed by atoms with E-state index in [0.717, 1.165) is 25.4 Å². The highest BCUT2D eigenvalue weighted by atomic mass is 32.2. The van der Waals surface area contributed by atoms with Crippen molar-refractivity contribution >= 4 is 11.8 Å². The molecule has 0 amide bonds. The average Bonchev–Trinajstić information content (AvgIpc) is 2.93. The molecule has 0 bridgehead atoms. The monoisotopic (exact) mass is 289 g/mol. The Kier molecular flexibility index (Phi) is 6.15. The van der Waals surface area contributed by atoms with Crippen molar-refractivity contribution in [3.05, 3.63) is 48.3 Å². The van der Waals surface area contributed by atoms with Crippen LogP contribution in [0.1, 0.15) is 19.4 Å². The van der Waals surface area contributed by atoms with Crippen molar-refractivity contribution < 1.29 is 0 Å². The van der Waals surface area contributed by atoms with Crippen LogP contribution in [-0.2, 0) is 13.1 Å². The summed E-state index contributed by atoms with van der Waals surface area (Å²) in [5, 5.41) is 7.67. The fraction of sp³-hybridized carbons (Fsp3) is 0.438. The summed E-state index contributed by atoms with van der Waals surface area (Å²) in [5.41, 5.74) is 1.35. The van der Waals surface area contributed by atoms with E-state index in [2.05, 4.69) is 48.5 Å². The van der Waals surface area contributed by atoms with Crippen LogP contribution in [-0.4, -0.2) is 22.1 Å². The van der Waals surface area contributed by atoms with E-state index in [1.807, 2.05) is 34.9 Å². The minimum absolute atomic E-state index is 0.701. The Hall–Kier alpha value is -1.26. The van der Waals surface area contributed by atoms with E-state index in [1.165, 1.54) is 10.5 Å². The van der Waals surface area contributed by atoms with Crippen LogP contribution in [0.4, 0.5) is 0 Å². The van der Waals surface area contributed by atoms with Gasteiger partial charge in [-0.25, -0.2) is 0 Å². The van der Waals surface area contributed by atoms with Crippen molar-refractivity contribution in [3.63, 3.8) is 0 Å². The second-order valence-electron chi connectivity index (χ2n) is 5.29.